The van der Waals surface area contributed by atoms with Crippen molar-refractivity contribution in [3.8, 4) is 0 Å². The topological polar surface area (TPSA) is 75.5 Å². The normalized spacial score (nSPS) is 18.7. The van der Waals surface area contributed by atoms with Crippen molar-refractivity contribution in [2.45, 2.75) is 25.8 Å². The minimum Gasteiger partial charge on any atom is -0.350 e. The van der Waals surface area contributed by atoms with Crippen molar-refractivity contribution in [1.82, 2.24) is 10.2 Å². The first kappa shape index (κ1) is 15.9. The van der Waals surface area contributed by atoms with Crippen LogP contribution in [-0.4, -0.2) is 41.4 Å². The lowest BCUT2D eigenvalue weighted by Gasteiger charge is -2.22. The second kappa shape index (κ2) is 7.00. The third kappa shape index (κ3) is 3.79. The molecule has 0 spiro atoms. The van der Waals surface area contributed by atoms with Crippen LogP contribution in [0.25, 0.3) is 0 Å². The van der Waals surface area contributed by atoms with E-state index >= 15 is 0 Å². The van der Waals surface area contributed by atoms with Crippen molar-refractivity contribution in [3.63, 3.8) is 0 Å². The zero-order valence-corrected chi connectivity index (χ0v) is 13.4. The molecule has 1 amide bonds. The summed E-state index contributed by atoms with van der Waals surface area (Å²) in [4.78, 5) is 24.8. The quantitative estimate of drug-likeness (QED) is 0.650. The van der Waals surface area contributed by atoms with E-state index in [1.807, 2.05) is 0 Å². The minimum atomic E-state index is -0.503. The Bertz CT molecular complexity index is 550. The van der Waals surface area contributed by atoms with Gasteiger partial charge in [-0.2, -0.15) is 0 Å². The zero-order chi connectivity index (χ0) is 15.4. The predicted molar refractivity (Wildman–Crippen MR) is 83.4 cm³/mol. The summed E-state index contributed by atoms with van der Waals surface area (Å²) in [6, 6.07) is 4.77. The molecule has 1 N–H and O–H groups in total. The van der Waals surface area contributed by atoms with Gasteiger partial charge in [0.05, 0.1) is 9.40 Å². The number of nitro groups is 1. The van der Waals surface area contributed by atoms with Gasteiger partial charge in [-0.3, -0.25) is 19.8 Å². The molecule has 1 atom stereocenters. The lowest BCUT2D eigenvalue weighted by molar-refractivity contribution is -0.385. The molecule has 6 nitrogen and oxygen atoms in total. The molecule has 0 saturated carbocycles. The summed E-state index contributed by atoms with van der Waals surface area (Å²) >= 11 is 3.11. The molecule has 1 unspecified atom stereocenters. The van der Waals surface area contributed by atoms with E-state index < -0.39 is 4.92 Å². The Morgan fingerprint density at radius 3 is 3.00 bits per heavy atom. The SMILES string of the molecule is CCN1CCCC1CNC(=O)c1ccc(Br)c([N+](=O)[O-])c1. The van der Waals surface area contributed by atoms with Gasteiger partial charge < -0.3 is 5.32 Å². The van der Waals surface area contributed by atoms with E-state index in [0.717, 1.165) is 25.9 Å². The number of nitrogens with zero attached hydrogens (tertiary/aromatic N) is 2. The Balaban J connectivity index is 2.00. The molecule has 7 heteroatoms. The molecule has 1 aliphatic heterocycles. The Morgan fingerprint density at radius 1 is 1.57 bits per heavy atom. The fourth-order valence-electron chi connectivity index (χ4n) is 2.65. The number of halogens is 1. The highest BCUT2D eigenvalue weighted by molar-refractivity contribution is 9.10. The summed E-state index contributed by atoms with van der Waals surface area (Å²) < 4.78 is 0.372. The number of amides is 1. The van der Waals surface area contributed by atoms with Crippen LogP contribution in [-0.2, 0) is 0 Å². The van der Waals surface area contributed by atoms with Crippen LogP contribution in [0.5, 0.6) is 0 Å². The average Bonchev–Trinajstić information content (AvgIpc) is 2.92. The molecule has 1 aliphatic rings. The van der Waals surface area contributed by atoms with Crippen LogP contribution in [0.15, 0.2) is 22.7 Å². The fourth-order valence-corrected chi connectivity index (χ4v) is 3.04. The van der Waals surface area contributed by atoms with E-state index in [1.54, 1.807) is 6.07 Å². The standard InChI is InChI=1S/C14H18BrN3O3/c1-2-17-7-3-4-11(17)9-16-14(19)10-5-6-12(15)13(8-10)18(20)21/h5-6,8,11H,2-4,7,9H2,1H3,(H,16,19). The van der Waals surface area contributed by atoms with Gasteiger partial charge in [-0.1, -0.05) is 6.92 Å². The summed E-state index contributed by atoms with van der Waals surface area (Å²) in [6.45, 7) is 4.74. The van der Waals surface area contributed by atoms with Gasteiger partial charge in [-0.15, -0.1) is 0 Å². The van der Waals surface area contributed by atoms with Crippen LogP contribution in [0, 0.1) is 10.1 Å². The van der Waals surface area contributed by atoms with Crippen LogP contribution < -0.4 is 5.32 Å². The van der Waals surface area contributed by atoms with Crippen molar-refractivity contribution in [2.75, 3.05) is 19.6 Å². The predicted octanol–water partition coefficient (Wildman–Crippen LogP) is 2.57. The van der Waals surface area contributed by atoms with Crippen molar-refractivity contribution >= 4 is 27.5 Å². The molecule has 2 rings (SSSR count). The zero-order valence-electron chi connectivity index (χ0n) is 11.8. The maximum atomic E-state index is 12.1. The highest BCUT2D eigenvalue weighted by Gasteiger charge is 2.23. The van der Waals surface area contributed by atoms with Gasteiger partial charge in [0, 0.05) is 24.2 Å². The van der Waals surface area contributed by atoms with Gasteiger partial charge in [0.15, 0.2) is 0 Å². The largest absolute Gasteiger partial charge is 0.350 e. The van der Waals surface area contributed by atoms with Crippen LogP contribution in [0.2, 0.25) is 0 Å². The molecule has 1 saturated heterocycles. The number of benzene rings is 1. The van der Waals surface area contributed by atoms with Crippen molar-refractivity contribution in [3.05, 3.63) is 38.3 Å². The van der Waals surface area contributed by atoms with E-state index in [-0.39, 0.29) is 11.6 Å². The number of nitrogens with one attached hydrogen (secondary N) is 1. The molecular formula is C14H18BrN3O3. The second-order valence-electron chi connectivity index (χ2n) is 5.06. The molecule has 1 fully saturated rings. The first-order valence-corrected chi connectivity index (χ1v) is 7.78. The first-order valence-electron chi connectivity index (χ1n) is 6.99. The van der Waals surface area contributed by atoms with Crippen molar-refractivity contribution < 1.29 is 9.72 Å². The maximum Gasteiger partial charge on any atom is 0.284 e. The van der Waals surface area contributed by atoms with Crippen molar-refractivity contribution in [2.24, 2.45) is 0 Å². The van der Waals surface area contributed by atoms with E-state index in [1.165, 1.54) is 12.1 Å². The maximum absolute atomic E-state index is 12.1. The fraction of sp³-hybridized carbons (Fsp3) is 0.500. The lowest BCUT2D eigenvalue weighted by Crippen LogP contribution is -2.40. The van der Waals surface area contributed by atoms with Gasteiger partial charge in [-0.05, 0) is 54.0 Å². The number of hydrogen-bond acceptors (Lipinski definition) is 4. The van der Waals surface area contributed by atoms with E-state index in [2.05, 4.69) is 33.1 Å². The molecule has 0 aromatic heterocycles. The Morgan fingerprint density at radius 2 is 2.33 bits per heavy atom. The van der Waals surface area contributed by atoms with Gasteiger partial charge in [-0.25, -0.2) is 0 Å². The van der Waals surface area contributed by atoms with Crippen LogP contribution >= 0.6 is 15.9 Å². The number of carbonyl (C=O) groups excluding carboxylic acids is 1. The Hall–Kier alpha value is -1.47. The highest BCUT2D eigenvalue weighted by atomic mass is 79.9. The third-order valence-corrected chi connectivity index (χ3v) is 4.48. The number of rotatable bonds is 5. The van der Waals surface area contributed by atoms with E-state index in [0.29, 0.717) is 22.6 Å². The molecule has 0 bridgehead atoms. The molecule has 1 aromatic carbocycles. The third-order valence-electron chi connectivity index (χ3n) is 3.81. The first-order chi connectivity index (χ1) is 10.0. The summed E-state index contributed by atoms with van der Waals surface area (Å²) in [6.07, 6.45) is 2.23. The smallest absolute Gasteiger partial charge is 0.284 e. The molecule has 21 heavy (non-hydrogen) atoms. The lowest BCUT2D eigenvalue weighted by atomic mass is 10.1. The van der Waals surface area contributed by atoms with Gasteiger partial charge in [0.1, 0.15) is 0 Å². The number of hydrogen-bond donors (Lipinski definition) is 1. The number of nitro benzene ring substituents is 1. The monoisotopic (exact) mass is 355 g/mol. The van der Waals surface area contributed by atoms with Crippen LogP contribution in [0.4, 0.5) is 5.69 Å². The molecule has 0 radical (unpaired) electrons. The number of carbonyl (C=O) groups is 1. The van der Waals surface area contributed by atoms with Gasteiger partial charge in [0.25, 0.3) is 11.6 Å². The Labute approximate surface area is 131 Å². The second-order valence-corrected chi connectivity index (χ2v) is 5.91. The van der Waals surface area contributed by atoms with Crippen LogP contribution in [0.1, 0.15) is 30.1 Å². The van der Waals surface area contributed by atoms with Gasteiger partial charge >= 0.3 is 0 Å². The van der Waals surface area contributed by atoms with Crippen molar-refractivity contribution in [1.29, 1.82) is 0 Å². The van der Waals surface area contributed by atoms with E-state index in [9.17, 15) is 14.9 Å². The molecule has 1 heterocycles. The average molecular weight is 356 g/mol. The Kier molecular flexibility index (Phi) is 5.30. The number of likely N-dealkylation sites (tertiary alicyclic amines) is 1. The van der Waals surface area contributed by atoms with Gasteiger partial charge in [0.2, 0.25) is 0 Å². The summed E-state index contributed by atoms with van der Waals surface area (Å²) in [5.41, 5.74) is 0.213. The summed E-state index contributed by atoms with van der Waals surface area (Å²) in [5, 5.41) is 13.8. The molecule has 0 aliphatic carbocycles. The molecule has 114 valence electrons. The number of likely N-dealkylation sites (N-methyl/N-ethyl adjacent to an activating group) is 1. The molecule has 1 aromatic rings. The van der Waals surface area contributed by atoms with E-state index in [4.69, 9.17) is 0 Å². The summed E-state index contributed by atoms with van der Waals surface area (Å²) in [5.74, 6) is -0.270. The molecular weight excluding hydrogens is 338 g/mol. The van der Waals surface area contributed by atoms with Crippen LogP contribution in [0.3, 0.4) is 0 Å². The minimum absolute atomic E-state index is 0.0984. The highest BCUT2D eigenvalue weighted by Crippen LogP contribution is 2.25. The summed E-state index contributed by atoms with van der Waals surface area (Å²) in [7, 11) is 0.